The fraction of sp³-hybridized carbons (Fsp3) is 0.278. The molecule has 2 aromatic rings. The van der Waals surface area contributed by atoms with Gasteiger partial charge in [0.25, 0.3) is 0 Å². The predicted molar refractivity (Wildman–Crippen MR) is 89.8 cm³/mol. The molecule has 0 bridgehead atoms. The van der Waals surface area contributed by atoms with Crippen molar-refractivity contribution in [3.63, 3.8) is 0 Å². The average molecular weight is 308 g/mol. The van der Waals surface area contributed by atoms with Crippen molar-refractivity contribution >= 4 is 11.7 Å². The summed E-state index contributed by atoms with van der Waals surface area (Å²) < 4.78 is 0. The molecule has 1 amide bonds. The third-order valence-electron chi connectivity index (χ3n) is 3.50. The molecule has 0 aliphatic rings. The van der Waals surface area contributed by atoms with Crippen LogP contribution in [0.2, 0.25) is 0 Å². The van der Waals surface area contributed by atoms with E-state index in [0.29, 0.717) is 24.3 Å². The second-order valence-electron chi connectivity index (χ2n) is 5.37. The number of nitrogens with zero attached hydrogens (tertiary/aromatic N) is 2. The van der Waals surface area contributed by atoms with Crippen LogP contribution in [0.25, 0.3) is 0 Å². The van der Waals surface area contributed by atoms with Crippen LogP contribution in [0.5, 0.6) is 0 Å². The normalized spacial score (nSPS) is 11.5. The minimum absolute atomic E-state index is 0.0670. The number of anilines is 1. The third kappa shape index (κ3) is 5.20. The molecule has 0 aliphatic carbocycles. The van der Waals surface area contributed by atoms with E-state index in [1.165, 1.54) is 0 Å². The quantitative estimate of drug-likeness (QED) is 0.860. The molecule has 118 valence electrons. The van der Waals surface area contributed by atoms with Crippen LogP contribution < -0.4 is 10.6 Å². The largest absolute Gasteiger partial charge is 0.311 e. The lowest BCUT2D eigenvalue weighted by Crippen LogP contribution is -2.24. The Morgan fingerprint density at radius 2 is 2.00 bits per heavy atom. The smallest absolute Gasteiger partial charge is 0.226 e. The number of aryl methyl sites for hydroxylation is 1. The van der Waals surface area contributed by atoms with Gasteiger partial charge < -0.3 is 10.6 Å². The first-order valence-electron chi connectivity index (χ1n) is 7.55. The number of amides is 1. The molecule has 2 N–H and O–H groups in total. The molecular formula is C18H20N4O. The summed E-state index contributed by atoms with van der Waals surface area (Å²) in [7, 11) is 0. The maximum Gasteiger partial charge on any atom is 0.226 e. The molecule has 1 atom stereocenters. The zero-order valence-electron chi connectivity index (χ0n) is 13.3. The van der Waals surface area contributed by atoms with Crippen LogP contribution in [0.15, 0.2) is 42.5 Å². The van der Waals surface area contributed by atoms with E-state index < -0.39 is 0 Å². The van der Waals surface area contributed by atoms with Crippen LogP contribution >= 0.6 is 0 Å². The summed E-state index contributed by atoms with van der Waals surface area (Å²) in [6.45, 7) is 4.48. The van der Waals surface area contributed by atoms with Crippen LogP contribution in [0.3, 0.4) is 0 Å². The van der Waals surface area contributed by atoms with Crippen molar-refractivity contribution in [3.05, 3.63) is 59.3 Å². The fourth-order valence-corrected chi connectivity index (χ4v) is 2.18. The summed E-state index contributed by atoms with van der Waals surface area (Å²) in [5.41, 5.74) is 2.60. The lowest BCUT2D eigenvalue weighted by atomic mass is 10.1. The maximum absolute atomic E-state index is 11.9. The molecule has 2 rings (SSSR count). The molecule has 23 heavy (non-hydrogen) atoms. The Hall–Kier alpha value is -2.71. The zero-order chi connectivity index (χ0) is 16.7. The number of aromatic nitrogens is 1. The van der Waals surface area contributed by atoms with Gasteiger partial charge in [0.2, 0.25) is 5.91 Å². The lowest BCUT2D eigenvalue weighted by Gasteiger charge is -2.14. The van der Waals surface area contributed by atoms with Crippen LogP contribution in [0.4, 0.5) is 5.82 Å². The summed E-state index contributed by atoms with van der Waals surface area (Å²) in [5, 5.41) is 14.9. The van der Waals surface area contributed by atoms with Gasteiger partial charge in [-0.15, -0.1) is 0 Å². The standard InChI is InChI=1S/C18H20N4O/c1-13-4-3-5-17(21-13)22-18(23)10-11-20-14(2)16-8-6-15(12-19)7-9-16/h3-9,14,20H,10-11H2,1-2H3,(H,21,22,23). The number of pyridine rings is 1. The zero-order valence-corrected chi connectivity index (χ0v) is 13.3. The number of benzene rings is 1. The van der Waals surface area contributed by atoms with Crippen LogP contribution in [0, 0.1) is 18.3 Å². The molecule has 0 spiro atoms. The van der Waals surface area contributed by atoms with Crippen molar-refractivity contribution in [1.29, 1.82) is 5.26 Å². The van der Waals surface area contributed by atoms with E-state index in [1.54, 1.807) is 18.2 Å². The third-order valence-corrected chi connectivity index (χ3v) is 3.50. The second kappa shape index (κ2) is 8.06. The Morgan fingerprint density at radius 3 is 2.65 bits per heavy atom. The van der Waals surface area contributed by atoms with Crippen molar-refractivity contribution < 1.29 is 4.79 Å². The summed E-state index contributed by atoms with van der Waals surface area (Å²) >= 11 is 0. The molecule has 1 aromatic heterocycles. The van der Waals surface area contributed by atoms with E-state index >= 15 is 0 Å². The van der Waals surface area contributed by atoms with Gasteiger partial charge in [-0.05, 0) is 43.7 Å². The molecule has 1 heterocycles. The first-order valence-corrected chi connectivity index (χ1v) is 7.55. The minimum Gasteiger partial charge on any atom is -0.311 e. The van der Waals surface area contributed by atoms with Gasteiger partial charge in [0, 0.05) is 24.7 Å². The predicted octanol–water partition coefficient (Wildman–Crippen LogP) is 2.94. The molecule has 5 nitrogen and oxygen atoms in total. The Labute approximate surface area is 136 Å². The molecule has 0 aliphatic heterocycles. The SMILES string of the molecule is Cc1cccc(NC(=O)CCNC(C)c2ccc(C#N)cc2)n1. The van der Waals surface area contributed by atoms with Crippen LogP contribution in [0.1, 0.15) is 36.2 Å². The van der Waals surface area contributed by atoms with Gasteiger partial charge in [0.15, 0.2) is 0 Å². The van der Waals surface area contributed by atoms with E-state index in [0.717, 1.165) is 11.3 Å². The van der Waals surface area contributed by atoms with Crippen molar-refractivity contribution in [2.24, 2.45) is 0 Å². The highest BCUT2D eigenvalue weighted by Crippen LogP contribution is 2.13. The van der Waals surface area contributed by atoms with Gasteiger partial charge in [0.1, 0.15) is 5.82 Å². The maximum atomic E-state index is 11.9. The number of carbonyl (C=O) groups is 1. The molecule has 0 fully saturated rings. The molecule has 5 heteroatoms. The van der Waals surface area contributed by atoms with Crippen molar-refractivity contribution in [2.45, 2.75) is 26.3 Å². The van der Waals surface area contributed by atoms with Gasteiger partial charge in [0.05, 0.1) is 11.6 Å². The number of carbonyl (C=O) groups excluding carboxylic acids is 1. The van der Waals surface area contributed by atoms with E-state index in [1.807, 2.05) is 38.1 Å². The fourth-order valence-electron chi connectivity index (χ4n) is 2.18. The van der Waals surface area contributed by atoms with E-state index in [9.17, 15) is 4.79 Å². The Morgan fingerprint density at radius 1 is 1.26 bits per heavy atom. The molecule has 1 unspecified atom stereocenters. The van der Waals surface area contributed by atoms with Crippen LogP contribution in [-0.2, 0) is 4.79 Å². The highest BCUT2D eigenvalue weighted by molar-refractivity contribution is 5.89. The summed E-state index contributed by atoms with van der Waals surface area (Å²) in [4.78, 5) is 16.1. The molecule has 1 aromatic carbocycles. The molecule has 0 saturated carbocycles. The molecule has 0 saturated heterocycles. The highest BCUT2D eigenvalue weighted by Gasteiger charge is 2.07. The number of nitrogens with one attached hydrogen (secondary N) is 2. The lowest BCUT2D eigenvalue weighted by molar-refractivity contribution is -0.116. The monoisotopic (exact) mass is 308 g/mol. The summed E-state index contributed by atoms with van der Waals surface area (Å²) in [5.74, 6) is 0.512. The van der Waals surface area contributed by atoms with Crippen molar-refractivity contribution in [2.75, 3.05) is 11.9 Å². The number of hydrogen-bond donors (Lipinski definition) is 2. The number of rotatable bonds is 6. The van der Waals surface area contributed by atoms with Gasteiger partial charge in [-0.2, -0.15) is 5.26 Å². The highest BCUT2D eigenvalue weighted by atomic mass is 16.1. The molecular weight excluding hydrogens is 288 g/mol. The Balaban J connectivity index is 1.77. The first-order chi connectivity index (χ1) is 11.1. The second-order valence-corrected chi connectivity index (χ2v) is 5.37. The first kappa shape index (κ1) is 16.7. The van der Waals surface area contributed by atoms with Crippen molar-refractivity contribution in [3.8, 4) is 6.07 Å². The Kier molecular flexibility index (Phi) is 5.84. The van der Waals surface area contributed by atoms with E-state index in [4.69, 9.17) is 5.26 Å². The number of hydrogen-bond acceptors (Lipinski definition) is 4. The van der Waals surface area contributed by atoms with Gasteiger partial charge in [-0.1, -0.05) is 18.2 Å². The van der Waals surface area contributed by atoms with Crippen molar-refractivity contribution in [1.82, 2.24) is 10.3 Å². The average Bonchev–Trinajstić information content (AvgIpc) is 2.55. The topological polar surface area (TPSA) is 77.8 Å². The van der Waals surface area contributed by atoms with Gasteiger partial charge >= 0.3 is 0 Å². The summed E-state index contributed by atoms with van der Waals surface area (Å²) in [6, 6.07) is 15.2. The van der Waals surface area contributed by atoms with Crippen LogP contribution in [-0.4, -0.2) is 17.4 Å². The molecule has 0 radical (unpaired) electrons. The van der Waals surface area contributed by atoms with E-state index in [2.05, 4.69) is 21.7 Å². The van der Waals surface area contributed by atoms with E-state index in [-0.39, 0.29) is 11.9 Å². The van der Waals surface area contributed by atoms with Gasteiger partial charge in [-0.25, -0.2) is 4.98 Å². The number of nitriles is 1. The Bertz CT molecular complexity index is 704. The summed E-state index contributed by atoms with van der Waals surface area (Å²) in [6.07, 6.45) is 0.371. The minimum atomic E-state index is -0.0670. The van der Waals surface area contributed by atoms with Gasteiger partial charge in [-0.3, -0.25) is 4.79 Å².